The van der Waals surface area contributed by atoms with Crippen LogP contribution in [0.2, 0.25) is 0 Å². The van der Waals surface area contributed by atoms with Crippen molar-refractivity contribution < 1.29 is 28.0 Å². The monoisotopic (exact) mass is 364 g/mol. The van der Waals surface area contributed by atoms with Gasteiger partial charge in [0, 0.05) is 5.69 Å². The minimum Gasteiger partial charge on any atom is -0.465 e. The number of pyridine rings is 1. The summed E-state index contributed by atoms with van der Waals surface area (Å²) in [6.07, 6.45) is -0.358. The van der Waals surface area contributed by atoms with E-state index in [1.807, 2.05) is 5.32 Å². The van der Waals surface area contributed by atoms with Crippen LogP contribution in [-0.4, -0.2) is 36.7 Å². The van der Waals surface area contributed by atoms with E-state index in [9.17, 15) is 18.2 Å². The number of anilines is 3. The molecule has 130 valence electrons. The molecule has 0 bridgehead atoms. The zero-order valence-corrected chi connectivity index (χ0v) is 13.4. The van der Waals surface area contributed by atoms with Crippen molar-refractivity contribution in [3.8, 4) is 0 Å². The number of sulfonamides is 1. The fourth-order valence-corrected chi connectivity index (χ4v) is 3.49. The number of aromatic nitrogens is 1. The van der Waals surface area contributed by atoms with Crippen LogP contribution in [0.25, 0.3) is 0 Å². The Balaban J connectivity index is 1.95. The van der Waals surface area contributed by atoms with Crippen LogP contribution in [0.5, 0.6) is 0 Å². The lowest BCUT2D eigenvalue weighted by molar-refractivity contribution is 0.209. The van der Waals surface area contributed by atoms with Gasteiger partial charge >= 0.3 is 13.2 Å². The van der Waals surface area contributed by atoms with Gasteiger partial charge in [0.2, 0.25) is 0 Å². The molecule has 0 spiro atoms. The van der Waals surface area contributed by atoms with E-state index in [1.54, 1.807) is 6.07 Å². The SMILES string of the molecule is Nc1cnc(S(=O)(=O)Nc2ccc3c(c2)B(O)OC3)c(NC(=O)O)c1. The highest BCUT2D eigenvalue weighted by Crippen LogP contribution is 2.24. The Morgan fingerprint density at radius 1 is 1.36 bits per heavy atom. The van der Waals surface area contributed by atoms with Crippen molar-refractivity contribution in [3.63, 3.8) is 0 Å². The average Bonchev–Trinajstić information content (AvgIpc) is 2.87. The number of hydrogen-bond acceptors (Lipinski definition) is 7. The summed E-state index contributed by atoms with van der Waals surface area (Å²) in [6, 6.07) is 5.71. The number of amides is 1. The van der Waals surface area contributed by atoms with Gasteiger partial charge in [-0.2, -0.15) is 8.42 Å². The molecule has 0 unspecified atom stereocenters. The first kappa shape index (κ1) is 17.0. The van der Waals surface area contributed by atoms with Crippen molar-refractivity contribution in [3.05, 3.63) is 36.0 Å². The van der Waals surface area contributed by atoms with Crippen molar-refractivity contribution in [1.82, 2.24) is 4.98 Å². The molecule has 10 nitrogen and oxygen atoms in total. The molecule has 1 aliphatic rings. The number of hydrogen-bond donors (Lipinski definition) is 5. The van der Waals surface area contributed by atoms with Crippen LogP contribution in [-0.2, 0) is 21.3 Å². The topological polar surface area (TPSA) is 164 Å². The highest BCUT2D eigenvalue weighted by Gasteiger charge is 2.28. The summed E-state index contributed by atoms with van der Waals surface area (Å²) < 4.78 is 32.4. The Labute approximate surface area is 142 Å². The maximum Gasteiger partial charge on any atom is 0.491 e. The molecule has 1 aliphatic heterocycles. The minimum absolute atomic E-state index is 0.0977. The van der Waals surface area contributed by atoms with Crippen molar-refractivity contribution in [2.75, 3.05) is 15.8 Å². The largest absolute Gasteiger partial charge is 0.491 e. The molecule has 0 saturated carbocycles. The number of nitrogens with one attached hydrogen (secondary N) is 2. The summed E-state index contributed by atoms with van der Waals surface area (Å²) in [5.74, 6) is 0. The van der Waals surface area contributed by atoms with Crippen LogP contribution < -0.4 is 21.2 Å². The first-order chi connectivity index (χ1) is 11.8. The van der Waals surface area contributed by atoms with Crippen LogP contribution in [0.1, 0.15) is 5.56 Å². The van der Waals surface area contributed by atoms with Crippen LogP contribution in [0.3, 0.4) is 0 Å². The highest BCUT2D eigenvalue weighted by molar-refractivity contribution is 7.92. The lowest BCUT2D eigenvalue weighted by atomic mass is 9.79. The number of nitrogens with two attached hydrogens (primary N) is 1. The molecule has 12 heteroatoms. The van der Waals surface area contributed by atoms with E-state index in [4.69, 9.17) is 15.5 Å². The number of rotatable bonds is 4. The van der Waals surface area contributed by atoms with E-state index < -0.39 is 28.3 Å². The smallest absolute Gasteiger partial charge is 0.465 e. The zero-order valence-electron chi connectivity index (χ0n) is 12.6. The zero-order chi connectivity index (χ0) is 18.2. The van der Waals surface area contributed by atoms with Gasteiger partial charge in [0.15, 0.2) is 5.03 Å². The Bertz CT molecular complexity index is 952. The maximum absolute atomic E-state index is 12.6. The fraction of sp³-hybridized carbons (Fsp3) is 0.0769. The van der Waals surface area contributed by atoms with E-state index in [2.05, 4.69) is 9.71 Å². The summed E-state index contributed by atoms with van der Waals surface area (Å²) >= 11 is 0. The average molecular weight is 364 g/mol. The van der Waals surface area contributed by atoms with Gasteiger partial charge < -0.3 is 20.5 Å². The van der Waals surface area contributed by atoms with Gasteiger partial charge in [-0.05, 0) is 29.2 Å². The summed E-state index contributed by atoms with van der Waals surface area (Å²) in [6.45, 7) is 0.232. The van der Waals surface area contributed by atoms with E-state index in [1.165, 1.54) is 12.1 Å². The van der Waals surface area contributed by atoms with Gasteiger partial charge in [-0.1, -0.05) is 6.07 Å². The molecule has 25 heavy (non-hydrogen) atoms. The number of benzene rings is 1. The second-order valence-corrected chi connectivity index (χ2v) is 6.83. The first-order valence-corrected chi connectivity index (χ1v) is 8.45. The molecule has 0 fully saturated rings. The normalized spacial score (nSPS) is 13.4. The Morgan fingerprint density at radius 3 is 2.84 bits per heavy atom. The number of carboxylic acid groups (broad SMARTS) is 1. The molecule has 3 rings (SSSR count). The molecule has 0 atom stereocenters. The molecule has 2 heterocycles. The van der Waals surface area contributed by atoms with Crippen molar-refractivity contribution in [2.45, 2.75) is 11.6 Å². The number of nitrogen functional groups attached to an aromatic ring is 1. The summed E-state index contributed by atoms with van der Waals surface area (Å²) in [7, 11) is -5.33. The molecule has 2 aromatic rings. The van der Waals surface area contributed by atoms with Crippen LogP contribution >= 0.6 is 0 Å². The highest BCUT2D eigenvalue weighted by atomic mass is 32.2. The standard InChI is InChI=1S/C13H13BN4O6S/c15-8-3-11(17-13(19)20)12(16-5-8)25(22,23)18-9-2-1-7-6-24-14(21)10(7)4-9/h1-5,17-18,21H,6,15H2,(H,19,20). The van der Waals surface area contributed by atoms with Gasteiger partial charge in [0.1, 0.15) is 0 Å². The molecule has 1 aromatic carbocycles. The third-order valence-electron chi connectivity index (χ3n) is 3.43. The second kappa shape index (κ2) is 6.24. The molecule has 6 N–H and O–H groups in total. The third kappa shape index (κ3) is 3.50. The predicted octanol–water partition coefficient (Wildman–Crippen LogP) is -0.228. The van der Waals surface area contributed by atoms with E-state index in [0.717, 1.165) is 17.8 Å². The predicted molar refractivity (Wildman–Crippen MR) is 89.9 cm³/mol. The van der Waals surface area contributed by atoms with Crippen molar-refractivity contribution in [1.29, 1.82) is 0 Å². The summed E-state index contributed by atoms with van der Waals surface area (Å²) in [5, 5.41) is 20.0. The number of fused-ring (bicyclic) bond motifs is 1. The Morgan fingerprint density at radius 2 is 2.12 bits per heavy atom. The second-order valence-electron chi connectivity index (χ2n) is 5.23. The fourth-order valence-electron chi connectivity index (χ4n) is 2.37. The lowest BCUT2D eigenvalue weighted by Gasteiger charge is -2.12. The van der Waals surface area contributed by atoms with E-state index >= 15 is 0 Å². The molecular weight excluding hydrogens is 351 g/mol. The van der Waals surface area contributed by atoms with Crippen molar-refractivity contribution >= 4 is 45.8 Å². The quantitative estimate of drug-likeness (QED) is 0.464. The van der Waals surface area contributed by atoms with Gasteiger partial charge in [-0.15, -0.1) is 0 Å². The Hall–Kier alpha value is -2.83. The van der Waals surface area contributed by atoms with E-state index in [0.29, 0.717) is 5.46 Å². The molecule has 0 aliphatic carbocycles. The molecule has 0 radical (unpaired) electrons. The van der Waals surface area contributed by atoms with Gasteiger partial charge in [0.05, 0.1) is 24.2 Å². The van der Waals surface area contributed by atoms with Gasteiger partial charge in [-0.3, -0.25) is 10.0 Å². The maximum atomic E-state index is 12.6. The molecule has 1 aromatic heterocycles. The van der Waals surface area contributed by atoms with Gasteiger partial charge in [-0.25, -0.2) is 9.78 Å². The minimum atomic E-state index is -4.21. The van der Waals surface area contributed by atoms with Crippen LogP contribution in [0.15, 0.2) is 35.5 Å². The third-order valence-corrected chi connectivity index (χ3v) is 4.77. The molecule has 1 amide bonds. The van der Waals surface area contributed by atoms with Gasteiger partial charge in [0.25, 0.3) is 10.0 Å². The van der Waals surface area contributed by atoms with Crippen LogP contribution in [0, 0.1) is 0 Å². The number of carbonyl (C=O) groups is 1. The van der Waals surface area contributed by atoms with E-state index in [-0.39, 0.29) is 23.7 Å². The lowest BCUT2D eigenvalue weighted by Crippen LogP contribution is -2.28. The van der Waals surface area contributed by atoms with Crippen LogP contribution in [0.4, 0.5) is 21.9 Å². The summed E-state index contributed by atoms with van der Waals surface area (Å²) in [4.78, 5) is 14.6. The van der Waals surface area contributed by atoms with Crippen molar-refractivity contribution in [2.24, 2.45) is 0 Å². The first-order valence-electron chi connectivity index (χ1n) is 6.97. The molecule has 0 saturated heterocycles. The summed E-state index contributed by atoms with van der Waals surface area (Å²) in [5.41, 5.74) is 6.72. The molecular formula is C13H13BN4O6S. The number of nitrogens with zero attached hydrogens (tertiary/aromatic N) is 1. The Kier molecular flexibility index (Phi) is 4.24.